The molecule has 0 amide bonds. The lowest BCUT2D eigenvalue weighted by atomic mass is 10.1. The van der Waals surface area contributed by atoms with Crippen LogP contribution in [-0.4, -0.2) is 9.78 Å². The van der Waals surface area contributed by atoms with Crippen LogP contribution in [0.1, 0.15) is 0 Å². The average molecular weight is 191 g/mol. The minimum atomic E-state index is -0.409. The van der Waals surface area contributed by atoms with Gasteiger partial charge in [0.05, 0.1) is 11.4 Å². The van der Waals surface area contributed by atoms with Crippen LogP contribution in [0.25, 0.3) is 11.3 Å². The highest BCUT2D eigenvalue weighted by molar-refractivity contribution is 5.61. The Morgan fingerprint density at radius 1 is 1.36 bits per heavy atom. The highest BCUT2D eigenvalue weighted by Gasteiger charge is 2.04. The van der Waals surface area contributed by atoms with Gasteiger partial charge in [0, 0.05) is 18.8 Å². The van der Waals surface area contributed by atoms with Gasteiger partial charge >= 0.3 is 0 Å². The zero-order chi connectivity index (χ0) is 10.1. The molecule has 0 aliphatic heterocycles. The smallest absolute Gasteiger partial charge is 0.146 e. The maximum absolute atomic E-state index is 13.1. The third kappa shape index (κ3) is 1.46. The summed E-state index contributed by atoms with van der Waals surface area (Å²) in [6, 6.07) is 6.50. The Morgan fingerprint density at radius 3 is 2.71 bits per heavy atom. The van der Waals surface area contributed by atoms with E-state index in [1.54, 1.807) is 16.8 Å². The van der Waals surface area contributed by atoms with Crippen molar-refractivity contribution in [2.75, 3.05) is 5.73 Å². The summed E-state index contributed by atoms with van der Waals surface area (Å²) in [5, 5.41) is 4.16. The molecule has 2 aromatic rings. The lowest BCUT2D eigenvalue weighted by Crippen LogP contribution is -1.92. The topological polar surface area (TPSA) is 43.8 Å². The van der Waals surface area contributed by atoms with Crippen LogP contribution in [0.2, 0.25) is 0 Å². The first-order chi connectivity index (χ1) is 6.66. The van der Waals surface area contributed by atoms with Gasteiger partial charge in [-0.15, -0.1) is 0 Å². The molecule has 0 aliphatic rings. The second kappa shape index (κ2) is 3.14. The summed E-state index contributed by atoms with van der Waals surface area (Å²) in [6.45, 7) is 0. The molecule has 0 aliphatic carbocycles. The maximum atomic E-state index is 13.1. The fraction of sp³-hybridized carbons (Fsp3) is 0.100. The van der Waals surface area contributed by atoms with E-state index in [4.69, 9.17) is 5.73 Å². The van der Waals surface area contributed by atoms with E-state index < -0.39 is 5.82 Å². The number of nitrogen functional groups attached to an aromatic ring is 1. The molecule has 14 heavy (non-hydrogen) atoms. The first-order valence-corrected chi connectivity index (χ1v) is 4.22. The maximum Gasteiger partial charge on any atom is 0.146 e. The van der Waals surface area contributed by atoms with E-state index in [0.29, 0.717) is 0 Å². The number of hydrogen-bond donors (Lipinski definition) is 1. The summed E-state index contributed by atoms with van der Waals surface area (Å²) in [5.41, 5.74) is 7.00. The van der Waals surface area contributed by atoms with Gasteiger partial charge in [-0.2, -0.15) is 5.10 Å². The lowest BCUT2D eigenvalue weighted by Gasteiger charge is -1.99. The first-order valence-electron chi connectivity index (χ1n) is 4.22. The lowest BCUT2D eigenvalue weighted by molar-refractivity contribution is 0.633. The predicted octanol–water partition coefficient (Wildman–Crippen LogP) is 1.81. The highest BCUT2D eigenvalue weighted by atomic mass is 19.1. The summed E-state index contributed by atoms with van der Waals surface area (Å²) in [4.78, 5) is 0. The normalized spacial score (nSPS) is 10.4. The van der Waals surface area contributed by atoms with Crippen LogP contribution in [0.5, 0.6) is 0 Å². The van der Waals surface area contributed by atoms with Crippen molar-refractivity contribution in [1.82, 2.24) is 9.78 Å². The van der Waals surface area contributed by atoms with Gasteiger partial charge in [0.25, 0.3) is 0 Å². The summed E-state index contributed by atoms with van der Waals surface area (Å²) in [5.74, 6) is -0.409. The Morgan fingerprint density at radius 2 is 2.14 bits per heavy atom. The van der Waals surface area contributed by atoms with E-state index in [9.17, 15) is 4.39 Å². The van der Waals surface area contributed by atoms with Crippen molar-refractivity contribution in [2.45, 2.75) is 0 Å². The van der Waals surface area contributed by atoms with Gasteiger partial charge in [0.2, 0.25) is 0 Å². The van der Waals surface area contributed by atoms with Gasteiger partial charge in [0.1, 0.15) is 5.82 Å². The zero-order valence-corrected chi connectivity index (χ0v) is 7.74. The summed E-state index contributed by atoms with van der Waals surface area (Å²) in [6.07, 6.45) is 1.81. The third-order valence-corrected chi connectivity index (χ3v) is 2.01. The van der Waals surface area contributed by atoms with Crippen LogP contribution < -0.4 is 5.73 Å². The van der Waals surface area contributed by atoms with E-state index in [1.165, 1.54) is 6.07 Å². The SMILES string of the molecule is Cn1ccc(-c2ccc(N)c(F)c2)n1. The number of anilines is 1. The van der Waals surface area contributed by atoms with Crippen LogP contribution >= 0.6 is 0 Å². The Hall–Kier alpha value is -1.84. The van der Waals surface area contributed by atoms with Crippen molar-refractivity contribution in [3.05, 3.63) is 36.3 Å². The molecule has 0 unspecified atom stereocenters. The van der Waals surface area contributed by atoms with Crippen LogP contribution in [0.15, 0.2) is 30.5 Å². The number of benzene rings is 1. The van der Waals surface area contributed by atoms with Crippen molar-refractivity contribution >= 4 is 5.69 Å². The second-order valence-corrected chi connectivity index (χ2v) is 3.11. The zero-order valence-electron chi connectivity index (χ0n) is 7.74. The van der Waals surface area contributed by atoms with Crippen molar-refractivity contribution in [3.63, 3.8) is 0 Å². The Bertz CT molecular complexity index is 462. The molecule has 2 rings (SSSR count). The molecule has 0 saturated carbocycles. The van der Waals surface area contributed by atoms with E-state index in [1.807, 2.05) is 19.3 Å². The molecule has 0 saturated heterocycles. The van der Waals surface area contributed by atoms with Gasteiger partial charge in [-0.1, -0.05) is 6.07 Å². The Kier molecular flexibility index (Phi) is 1.96. The monoisotopic (exact) mass is 191 g/mol. The summed E-state index contributed by atoms with van der Waals surface area (Å²) < 4.78 is 14.8. The molecule has 0 spiro atoms. The fourth-order valence-electron chi connectivity index (χ4n) is 1.26. The van der Waals surface area contributed by atoms with Crippen LogP contribution in [0, 0.1) is 5.82 Å². The van der Waals surface area contributed by atoms with E-state index in [2.05, 4.69) is 5.10 Å². The molecule has 0 atom stereocenters. The molecular formula is C10H10FN3. The van der Waals surface area contributed by atoms with Gasteiger partial charge in [-0.25, -0.2) is 4.39 Å². The number of aryl methyl sites for hydroxylation is 1. The number of rotatable bonds is 1. The number of halogens is 1. The Labute approximate surface area is 81.0 Å². The first kappa shape index (κ1) is 8.74. The average Bonchev–Trinajstić information content (AvgIpc) is 2.57. The fourth-order valence-corrected chi connectivity index (χ4v) is 1.26. The quantitative estimate of drug-likeness (QED) is 0.698. The van der Waals surface area contributed by atoms with Gasteiger partial charge in [-0.05, 0) is 18.2 Å². The predicted molar refractivity (Wildman–Crippen MR) is 53.0 cm³/mol. The summed E-state index contributed by atoms with van der Waals surface area (Å²) in [7, 11) is 1.82. The second-order valence-electron chi connectivity index (χ2n) is 3.11. The minimum Gasteiger partial charge on any atom is -0.396 e. The van der Waals surface area contributed by atoms with Crippen molar-refractivity contribution in [2.24, 2.45) is 7.05 Å². The van der Waals surface area contributed by atoms with E-state index >= 15 is 0 Å². The Balaban J connectivity index is 2.47. The van der Waals surface area contributed by atoms with Crippen LogP contribution in [0.3, 0.4) is 0 Å². The van der Waals surface area contributed by atoms with Crippen molar-refractivity contribution in [3.8, 4) is 11.3 Å². The highest BCUT2D eigenvalue weighted by Crippen LogP contribution is 2.20. The number of hydrogen-bond acceptors (Lipinski definition) is 2. The molecule has 1 aromatic carbocycles. The van der Waals surface area contributed by atoms with Crippen molar-refractivity contribution in [1.29, 1.82) is 0 Å². The standard InChI is InChI=1S/C10H10FN3/c1-14-5-4-10(13-14)7-2-3-9(12)8(11)6-7/h2-6H,12H2,1H3. The minimum absolute atomic E-state index is 0.157. The van der Waals surface area contributed by atoms with Gasteiger partial charge < -0.3 is 5.73 Å². The van der Waals surface area contributed by atoms with Crippen LogP contribution in [-0.2, 0) is 7.05 Å². The van der Waals surface area contributed by atoms with E-state index in [0.717, 1.165) is 11.3 Å². The molecule has 3 nitrogen and oxygen atoms in total. The molecule has 0 bridgehead atoms. The third-order valence-electron chi connectivity index (χ3n) is 2.01. The molecule has 0 fully saturated rings. The number of aromatic nitrogens is 2. The van der Waals surface area contributed by atoms with Gasteiger partial charge in [-0.3, -0.25) is 4.68 Å². The molecular weight excluding hydrogens is 181 g/mol. The molecule has 1 aromatic heterocycles. The van der Waals surface area contributed by atoms with Gasteiger partial charge in [0.15, 0.2) is 0 Å². The molecule has 72 valence electrons. The molecule has 4 heteroatoms. The summed E-state index contributed by atoms with van der Waals surface area (Å²) >= 11 is 0. The van der Waals surface area contributed by atoms with Crippen LogP contribution in [0.4, 0.5) is 10.1 Å². The molecule has 1 heterocycles. The number of nitrogens with zero attached hydrogens (tertiary/aromatic N) is 2. The van der Waals surface area contributed by atoms with Crippen molar-refractivity contribution < 1.29 is 4.39 Å². The molecule has 0 radical (unpaired) electrons. The van der Waals surface area contributed by atoms with E-state index in [-0.39, 0.29) is 5.69 Å². The number of nitrogens with two attached hydrogens (primary N) is 1. The largest absolute Gasteiger partial charge is 0.396 e. The molecule has 2 N–H and O–H groups in total.